The molecule has 0 unspecified atom stereocenters. The van der Waals surface area contributed by atoms with Crippen molar-refractivity contribution in [3.8, 4) is 5.75 Å². The maximum absolute atomic E-state index is 5.39. The van der Waals surface area contributed by atoms with E-state index in [9.17, 15) is 0 Å². The van der Waals surface area contributed by atoms with Crippen LogP contribution in [0.4, 0.5) is 5.69 Å². The number of rotatable bonds is 3. The van der Waals surface area contributed by atoms with E-state index in [1.807, 2.05) is 13.1 Å². The lowest BCUT2D eigenvalue weighted by molar-refractivity contribution is 0.418. The highest BCUT2D eigenvalue weighted by Gasteiger charge is 2.10. The first kappa shape index (κ1) is 11.7. The van der Waals surface area contributed by atoms with Gasteiger partial charge in [-0.05, 0) is 31.0 Å². The van der Waals surface area contributed by atoms with Crippen molar-refractivity contribution in [1.29, 1.82) is 0 Å². The topological polar surface area (TPSA) is 34.1 Å². The molecule has 0 saturated heterocycles. The minimum atomic E-state index is 0.831. The summed E-state index contributed by atoms with van der Waals surface area (Å²) in [5.41, 5.74) is 4.34. The van der Waals surface area contributed by atoms with Gasteiger partial charge in [0, 0.05) is 23.8 Å². The molecule has 0 bridgehead atoms. The number of ether oxygens (including phenoxy) is 1. The summed E-state index contributed by atoms with van der Waals surface area (Å²) in [6.07, 6.45) is 0.918. The van der Waals surface area contributed by atoms with Crippen molar-refractivity contribution in [2.24, 2.45) is 0 Å². The molecule has 0 radical (unpaired) electrons. The Bertz CT molecular complexity index is 549. The van der Waals surface area contributed by atoms with Crippen LogP contribution in [0.1, 0.15) is 18.2 Å². The van der Waals surface area contributed by atoms with E-state index in [1.165, 1.54) is 5.56 Å². The third kappa shape index (κ3) is 1.93. The molecule has 0 aliphatic rings. The Morgan fingerprint density at radius 1 is 1.35 bits per heavy atom. The normalized spacial score (nSPS) is 10.6. The van der Waals surface area contributed by atoms with Crippen molar-refractivity contribution in [3.05, 3.63) is 29.5 Å². The minimum Gasteiger partial charge on any atom is -0.494 e. The Labute approximate surface area is 102 Å². The van der Waals surface area contributed by atoms with Gasteiger partial charge in [0.05, 0.1) is 7.11 Å². The van der Waals surface area contributed by atoms with Gasteiger partial charge in [0.2, 0.25) is 0 Å². The minimum absolute atomic E-state index is 0.831. The summed E-state index contributed by atoms with van der Waals surface area (Å²) < 4.78 is 5.39. The number of nitrogens with one attached hydrogen (secondary N) is 1. The zero-order valence-corrected chi connectivity index (χ0v) is 10.8. The smallest absolute Gasteiger partial charge is 0.145 e. The van der Waals surface area contributed by atoms with Crippen molar-refractivity contribution in [1.82, 2.24) is 4.98 Å². The van der Waals surface area contributed by atoms with Crippen molar-refractivity contribution < 1.29 is 4.74 Å². The second kappa shape index (κ2) is 4.62. The van der Waals surface area contributed by atoms with Crippen LogP contribution in [0.2, 0.25) is 0 Å². The fourth-order valence-corrected chi connectivity index (χ4v) is 2.08. The van der Waals surface area contributed by atoms with Gasteiger partial charge in [0.1, 0.15) is 11.3 Å². The molecule has 0 aliphatic carbocycles. The van der Waals surface area contributed by atoms with Gasteiger partial charge in [-0.2, -0.15) is 0 Å². The van der Waals surface area contributed by atoms with Crippen molar-refractivity contribution >= 4 is 16.6 Å². The lowest BCUT2D eigenvalue weighted by Crippen LogP contribution is -1.99. The summed E-state index contributed by atoms with van der Waals surface area (Å²) in [5, 5.41) is 4.38. The number of anilines is 1. The van der Waals surface area contributed by atoms with E-state index in [1.54, 1.807) is 7.11 Å². The first-order valence-electron chi connectivity index (χ1n) is 5.86. The average molecular weight is 230 g/mol. The maximum atomic E-state index is 5.39. The van der Waals surface area contributed by atoms with E-state index in [4.69, 9.17) is 4.74 Å². The second-order valence-corrected chi connectivity index (χ2v) is 4.07. The third-order valence-electron chi connectivity index (χ3n) is 3.04. The molecule has 2 aromatic rings. The summed E-state index contributed by atoms with van der Waals surface area (Å²) in [5.74, 6) is 0.831. The quantitative estimate of drug-likeness (QED) is 0.879. The van der Waals surface area contributed by atoms with Crippen LogP contribution >= 0.6 is 0 Å². The molecule has 0 amide bonds. The van der Waals surface area contributed by atoms with Gasteiger partial charge in [-0.25, -0.2) is 4.98 Å². The zero-order valence-electron chi connectivity index (χ0n) is 10.8. The van der Waals surface area contributed by atoms with Gasteiger partial charge in [0.25, 0.3) is 0 Å². The number of pyridine rings is 1. The lowest BCUT2D eigenvalue weighted by Gasteiger charge is -2.13. The Balaban J connectivity index is 2.86. The monoisotopic (exact) mass is 230 g/mol. The fraction of sp³-hybridized carbons (Fsp3) is 0.357. The molecule has 0 fully saturated rings. The number of aromatic nitrogens is 1. The molecular formula is C14H18N2O. The van der Waals surface area contributed by atoms with Gasteiger partial charge in [-0.3, -0.25) is 0 Å². The van der Waals surface area contributed by atoms with Crippen LogP contribution in [0.3, 0.4) is 0 Å². The van der Waals surface area contributed by atoms with E-state index >= 15 is 0 Å². The summed E-state index contributed by atoms with van der Waals surface area (Å²) >= 11 is 0. The number of methoxy groups -OCH3 is 1. The van der Waals surface area contributed by atoms with Crippen LogP contribution in [0.5, 0.6) is 5.75 Å². The molecule has 1 aromatic heterocycles. The summed E-state index contributed by atoms with van der Waals surface area (Å²) in [6, 6.07) is 6.15. The van der Waals surface area contributed by atoms with Crippen LogP contribution < -0.4 is 10.1 Å². The van der Waals surface area contributed by atoms with E-state index in [0.29, 0.717) is 0 Å². The van der Waals surface area contributed by atoms with Gasteiger partial charge < -0.3 is 10.1 Å². The second-order valence-electron chi connectivity index (χ2n) is 4.07. The van der Waals surface area contributed by atoms with Crippen molar-refractivity contribution in [2.75, 3.05) is 19.5 Å². The average Bonchev–Trinajstić information content (AvgIpc) is 2.37. The third-order valence-corrected chi connectivity index (χ3v) is 3.04. The van der Waals surface area contributed by atoms with Crippen LogP contribution in [0.15, 0.2) is 18.2 Å². The summed E-state index contributed by atoms with van der Waals surface area (Å²) in [7, 11) is 3.62. The number of aryl methyl sites for hydroxylation is 2. The fourth-order valence-electron chi connectivity index (χ4n) is 2.08. The van der Waals surface area contributed by atoms with Crippen LogP contribution in [0, 0.1) is 6.92 Å². The first-order valence-corrected chi connectivity index (χ1v) is 5.86. The molecule has 3 nitrogen and oxygen atoms in total. The highest BCUT2D eigenvalue weighted by molar-refractivity contribution is 5.97. The van der Waals surface area contributed by atoms with Crippen LogP contribution in [-0.2, 0) is 6.42 Å². The lowest BCUT2D eigenvalue weighted by atomic mass is 10.1. The van der Waals surface area contributed by atoms with Crippen molar-refractivity contribution in [2.45, 2.75) is 20.3 Å². The van der Waals surface area contributed by atoms with Crippen LogP contribution in [0.25, 0.3) is 10.9 Å². The summed E-state index contributed by atoms with van der Waals surface area (Å²) in [4.78, 5) is 4.67. The Hall–Kier alpha value is -1.77. The molecule has 17 heavy (non-hydrogen) atoms. The highest BCUT2D eigenvalue weighted by atomic mass is 16.5. The number of hydrogen-bond acceptors (Lipinski definition) is 3. The van der Waals surface area contributed by atoms with Gasteiger partial charge >= 0.3 is 0 Å². The zero-order chi connectivity index (χ0) is 12.4. The molecule has 1 N–H and O–H groups in total. The number of hydrogen-bond donors (Lipinski definition) is 1. The van der Waals surface area contributed by atoms with Gasteiger partial charge in [-0.15, -0.1) is 0 Å². The number of benzene rings is 1. The molecule has 0 atom stereocenters. The molecule has 0 saturated carbocycles. The van der Waals surface area contributed by atoms with Crippen LogP contribution in [-0.4, -0.2) is 19.1 Å². The molecule has 0 aliphatic heterocycles. The molecule has 1 aromatic carbocycles. The molecule has 2 rings (SSSR count). The SMILES string of the molecule is CCc1cc(NC)c2c(C)ccc(OC)c2n1. The Kier molecular flexibility index (Phi) is 3.18. The van der Waals surface area contributed by atoms with E-state index < -0.39 is 0 Å². The molecule has 0 spiro atoms. The highest BCUT2D eigenvalue weighted by Crippen LogP contribution is 2.32. The predicted molar refractivity (Wildman–Crippen MR) is 72.0 cm³/mol. The van der Waals surface area contributed by atoms with E-state index in [-0.39, 0.29) is 0 Å². The Morgan fingerprint density at radius 3 is 2.71 bits per heavy atom. The largest absolute Gasteiger partial charge is 0.494 e. The standard InChI is InChI=1S/C14H18N2O/c1-5-10-8-11(15-3)13-9(2)6-7-12(17-4)14(13)16-10/h6-8H,5H2,1-4H3,(H,15,16). The first-order chi connectivity index (χ1) is 8.21. The van der Waals surface area contributed by atoms with Gasteiger partial charge in [-0.1, -0.05) is 13.0 Å². The summed E-state index contributed by atoms with van der Waals surface area (Å²) in [6.45, 7) is 4.20. The molecule has 3 heteroatoms. The predicted octanol–water partition coefficient (Wildman–Crippen LogP) is 3.16. The van der Waals surface area contributed by atoms with Gasteiger partial charge in [0.15, 0.2) is 0 Å². The maximum Gasteiger partial charge on any atom is 0.145 e. The van der Waals surface area contributed by atoms with Crippen molar-refractivity contribution in [3.63, 3.8) is 0 Å². The number of nitrogens with zero attached hydrogens (tertiary/aromatic N) is 1. The molecule has 1 heterocycles. The Morgan fingerprint density at radius 2 is 2.12 bits per heavy atom. The number of fused-ring (bicyclic) bond motifs is 1. The van der Waals surface area contributed by atoms with E-state index in [0.717, 1.165) is 34.5 Å². The van der Waals surface area contributed by atoms with E-state index in [2.05, 4.69) is 36.3 Å². The molecular weight excluding hydrogens is 212 g/mol. The molecule has 90 valence electrons.